The van der Waals surface area contributed by atoms with Gasteiger partial charge in [-0.25, -0.2) is 9.18 Å². The lowest BCUT2D eigenvalue weighted by Crippen LogP contribution is -2.43. The summed E-state index contributed by atoms with van der Waals surface area (Å²) < 4.78 is 23.6. The van der Waals surface area contributed by atoms with Gasteiger partial charge in [-0.15, -0.1) is 11.3 Å². The minimum absolute atomic E-state index is 0.254. The third-order valence-electron chi connectivity index (χ3n) is 5.99. The van der Waals surface area contributed by atoms with Gasteiger partial charge in [-0.05, 0) is 42.5 Å². The maximum atomic E-state index is 13.8. The zero-order chi connectivity index (χ0) is 23.0. The Bertz CT molecular complexity index is 1130. The summed E-state index contributed by atoms with van der Waals surface area (Å²) in [7, 11) is 2.52. The second kappa shape index (κ2) is 8.70. The van der Waals surface area contributed by atoms with Crippen LogP contribution in [-0.4, -0.2) is 31.9 Å². The van der Waals surface area contributed by atoms with E-state index in [9.17, 15) is 18.8 Å². The Morgan fingerprint density at radius 2 is 1.84 bits per heavy atom. The highest BCUT2D eigenvalue weighted by Gasteiger charge is 2.49. The zero-order valence-electron chi connectivity index (χ0n) is 17.8. The number of hydrogen-bond donors (Lipinski definition) is 1. The molecule has 0 saturated heterocycles. The molecule has 2 heterocycles. The lowest BCUT2D eigenvalue weighted by Gasteiger charge is -2.39. The normalized spacial score (nSPS) is 22.9. The van der Waals surface area contributed by atoms with Crippen LogP contribution in [0.3, 0.4) is 0 Å². The minimum Gasteiger partial charge on any atom is -0.468 e. The fourth-order valence-corrected chi connectivity index (χ4v) is 5.44. The first-order valence-corrected chi connectivity index (χ1v) is 10.9. The van der Waals surface area contributed by atoms with Crippen molar-refractivity contribution in [2.45, 2.75) is 25.2 Å². The number of carbonyl (C=O) groups excluding carboxylic acids is 3. The third kappa shape index (κ3) is 3.64. The lowest BCUT2D eigenvalue weighted by molar-refractivity contribution is -0.149. The third-order valence-corrected chi connectivity index (χ3v) is 7.00. The Morgan fingerprint density at radius 3 is 2.44 bits per heavy atom. The topological polar surface area (TPSA) is 81.7 Å². The summed E-state index contributed by atoms with van der Waals surface area (Å²) in [6, 6.07) is 9.41. The first kappa shape index (κ1) is 22.0. The number of halogens is 1. The number of methoxy groups -OCH3 is 2. The summed E-state index contributed by atoms with van der Waals surface area (Å²) in [5.41, 5.74) is 2.33. The molecule has 0 spiro atoms. The molecule has 8 heteroatoms. The maximum Gasteiger partial charge on any atom is 0.336 e. The highest BCUT2D eigenvalue weighted by atomic mass is 32.1. The molecule has 0 radical (unpaired) electrons. The number of benzene rings is 1. The monoisotopic (exact) mass is 455 g/mol. The van der Waals surface area contributed by atoms with Crippen LogP contribution in [0.2, 0.25) is 0 Å². The van der Waals surface area contributed by atoms with Crippen LogP contribution >= 0.6 is 11.3 Å². The summed E-state index contributed by atoms with van der Waals surface area (Å²) >= 11 is 1.47. The number of rotatable bonds is 4. The molecule has 1 aromatic heterocycles. The van der Waals surface area contributed by atoms with Gasteiger partial charge >= 0.3 is 11.9 Å². The minimum atomic E-state index is -1.04. The van der Waals surface area contributed by atoms with Gasteiger partial charge in [0.1, 0.15) is 11.7 Å². The summed E-state index contributed by atoms with van der Waals surface area (Å²) in [6.45, 7) is 1.74. The molecule has 0 fully saturated rings. The molecule has 1 N–H and O–H groups in total. The molecule has 32 heavy (non-hydrogen) atoms. The van der Waals surface area contributed by atoms with Crippen molar-refractivity contribution in [3.05, 3.63) is 80.6 Å². The molecule has 166 valence electrons. The van der Waals surface area contributed by atoms with Gasteiger partial charge in [0.05, 0.1) is 19.8 Å². The fourth-order valence-electron chi connectivity index (χ4n) is 4.57. The standard InChI is InChI=1S/C24H22FNO5S/c1-12-18(23(28)30-2)19(13-6-8-14(25)9-7-13)21-16(26-12)11-15(17-5-4-10-32-17)20(22(21)27)24(29)31-3/h4-10,15,19-20,26H,11H2,1-3H3/t15-,19-,20+/m0/s1. The molecule has 0 unspecified atom stereocenters. The van der Waals surface area contributed by atoms with Crippen molar-refractivity contribution < 1.29 is 28.2 Å². The first-order valence-electron chi connectivity index (χ1n) is 10.1. The number of carbonyl (C=O) groups is 3. The second-order valence-electron chi connectivity index (χ2n) is 7.72. The van der Waals surface area contributed by atoms with E-state index in [-0.39, 0.29) is 11.5 Å². The van der Waals surface area contributed by atoms with E-state index in [1.54, 1.807) is 6.92 Å². The molecule has 1 aliphatic heterocycles. The molecular formula is C24H22FNO5S. The van der Waals surface area contributed by atoms with Gasteiger partial charge in [-0.1, -0.05) is 18.2 Å². The summed E-state index contributed by atoms with van der Waals surface area (Å²) in [5, 5.41) is 5.11. The van der Waals surface area contributed by atoms with E-state index in [0.29, 0.717) is 29.0 Å². The number of ether oxygens (including phenoxy) is 2. The first-order chi connectivity index (χ1) is 15.4. The molecule has 0 amide bonds. The van der Waals surface area contributed by atoms with Crippen molar-refractivity contribution in [3.8, 4) is 0 Å². The van der Waals surface area contributed by atoms with Crippen LogP contribution in [0.4, 0.5) is 4.39 Å². The van der Waals surface area contributed by atoms with E-state index in [4.69, 9.17) is 9.47 Å². The van der Waals surface area contributed by atoms with Gasteiger partial charge in [0.2, 0.25) is 0 Å². The average Bonchev–Trinajstić information content (AvgIpc) is 3.32. The number of thiophene rings is 1. The number of hydrogen-bond acceptors (Lipinski definition) is 7. The van der Waals surface area contributed by atoms with Crippen molar-refractivity contribution in [2.75, 3.05) is 14.2 Å². The van der Waals surface area contributed by atoms with Crippen LogP contribution in [0.25, 0.3) is 0 Å². The summed E-state index contributed by atoms with van der Waals surface area (Å²) in [5.74, 6) is -4.28. The maximum absolute atomic E-state index is 13.8. The zero-order valence-corrected chi connectivity index (χ0v) is 18.6. The van der Waals surface area contributed by atoms with E-state index >= 15 is 0 Å². The van der Waals surface area contributed by atoms with Crippen LogP contribution in [0, 0.1) is 11.7 Å². The number of nitrogens with one attached hydrogen (secondary N) is 1. The summed E-state index contributed by atoms with van der Waals surface area (Å²) in [6.07, 6.45) is 0.394. The molecule has 0 saturated carbocycles. The van der Waals surface area contributed by atoms with E-state index < -0.39 is 35.4 Å². The van der Waals surface area contributed by atoms with E-state index in [2.05, 4.69) is 5.32 Å². The number of allylic oxidation sites excluding steroid dienone is 3. The molecule has 1 aliphatic carbocycles. The van der Waals surface area contributed by atoms with E-state index in [0.717, 1.165) is 4.88 Å². The van der Waals surface area contributed by atoms with Crippen molar-refractivity contribution in [2.24, 2.45) is 5.92 Å². The number of esters is 2. The molecular weight excluding hydrogens is 433 g/mol. The van der Waals surface area contributed by atoms with Crippen molar-refractivity contribution in [3.63, 3.8) is 0 Å². The predicted octanol–water partition coefficient (Wildman–Crippen LogP) is 3.82. The van der Waals surface area contributed by atoms with E-state index in [1.165, 1.54) is 49.8 Å². The van der Waals surface area contributed by atoms with Crippen molar-refractivity contribution >= 4 is 29.1 Å². The van der Waals surface area contributed by atoms with Gasteiger partial charge in [-0.2, -0.15) is 0 Å². The smallest absolute Gasteiger partial charge is 0.336 e. The molecule has 2 aliphatic rings. The average molecular weight is 456 g/mol. The molecule has 3 atom stereocenters. The fraction of sp³-hybridized carbons (Fsp3) is 0.292. The largest absolute Gasteiger partial charge is 0.468 e. The van der Waals surface area contributed by atoms with Crippen LogP contribution < -0.4 is 5.32 Å². The Labute approximate surface area is 188 Å². The Balaban J connectivity index is 1.90. The van der Waals surface area contributed by atoms with Gasteiger partial charge in [-0.3, -0.25) is 9.59 Å². The van der Waals surface area contributed by atoms with Crippen LogP contribution in [0.5, 0.6) is 0 Å². The molecule has 2 aromatic rings. The highest BCUT2D eigenvalue weighted by molar-refractivity contribution is 7.10. The molecule has 1 aromatic carbocycles. The SMILES string of the molecule is COC(=O)C1=C(C)NC2=C(C(=O)[C@H](C(=O)OC)[C@H](c3cccs3)C2)[C@H]1c1ccc(F)cc1. The Morgan fingerprint density at radius 1 is 1.12 bits per heavy atom. The van der Waals surface area contributed by atoms with Crippen LogP contribution in [-0.2, 0) is 23.9 Å². The number of Topliss-reactive ketones (excluding diaryl/α,β-unsaturated/α-hetero) is 1. The van der Waals surface area contributed by atoms with Gasteiger partial charge < -0.3 is 14.8 Å². The lowest BCUT2D eigenvalue weighted by atomic mass is 9.68. The quantitative estimate of drug-likeness (QED) is 0.558. The van der Waals surface area contributed by atoms with E-state index in [1.807, 2.05) is 17.5 Å². The van der Waals surface area contributed by atoms with Crippen LogP contribution in [0.15, 0.2) is 64.3 Å². The molecule has 4 rings (SSSR count). The highest BCUT2D eigenvalue weighted by Crippen LogP contribution is 2.48. The number of dihydropyridines is 1. The number of ketones is 1. The molecule has 0 bridgehead atoms. The van der Waals surface area contributed by atoms with Crippen molar-refractivity contribution in [1.29, 1.82) is 0 Å². The second-order valence-corrected chi connectivity index (χ2v) is 8.70. The van der Waals surface area contributed by atoms with Gasteiger partial charge in [0.25, 0.3) is 0 Å². The predicted molar refractivity (Wildman–Crippen MR) is 116 cm³/mol. The van der Waals surface area contributed by atoms with Crippen molar-refractivity contribution in [1.82, 2.24) is 5.32 Å². The van der Waals surface area contributed by atoms with Crippen LogP contribution in [0.1, 0.15) is 35.6 Å². The van der Waals surface area contributed by atoms with Gasteiger partial charge in [0, 0.05) is 33.7 Å². The molecule has 6 nitrogen and oxygen atoms in total. The van der Waals surface area contributed by atoms with Gasteiger partial charge in [0.15, 0.2) is 5.78 Å². The summed E-state index contributed by atoms with van der Waals surface area (Å²) in [4.78, 5) is 40.2. The Kier molecular flexibility index (Phi) is 5.97. The Hall–Kier alpha value is -3.26.